The summed E-state index contributed by atoms with van der Waals surface area (Å²) >= 11 is 0. The van der Waals surface area contributed by atoms with Gasteiger partial charge in [0.25, 0.3) is 0 Å². The van der Waals surface area contributed by atoms with E-state index in [-0.39, 0.29) is 30.5 Å². The van der Waals surface area contributed by atoms with Crippen molar-refractivity contribution in [2.24, 2.45) is 11.8 Å². The monoisotopic (exact) mass is 327 g/mol. The van der Waals surface area contributed by atoms with Gasteiger partial charge in [-0.3, -0.25) is 9.59 Å². The molecular formula is C17H29NO5. The molecule has 0 spiro atoms. The van der Waals surface area contributed by atoms with Crippen LogP contribution < -0.4 is 5.32 Å². The normalized spacial score (nSPS) is 21.3. The van der Waals surface area contributed by atoms with Crippen LogP contribution in [0.3, 0.4) is 0 Å². The summed E-state index contributed by atoms with van der Waals surface area (Å²) in [5, 5.41) is 2.48. The van der Waals surface area contributed by atoms with Crippen molar-refractivity contribution in [3.05, 3.63) is 0 Å². The van der Waals surface area contributed by atoms with Gasteiger partial charge in [-0.1, -0.05) is 46.5 Å². The van der Waals surface area contributed by atoms with Crippen LogP contribution in [0.5, 0.6) is 0 Å². The Morgan fingerprint density at radius 3 is 2.65 bits per heavy atom. The smallest absolute Gasteiger partial charge is 0.328 e. The van der Waals surface area contributed by atoms with Crippen LogP contribution in [0.1, 0.15) is 59.3 Å². The van der Waals surface area contributed by atoms with Crippen molar-refractivity contribution in [1.82, 2.24) is 5.32 Å². The van der Waals surface area contributed by atoms with Crippen LogP contribution in [0.4, 0.5) is 0 Å². The summed E-state index contributed by atoms with van der Waals surface area (Å²) in [6, 6.07) is -0.647. The Labute approximate surface area is 138 Å². The Balaban J connectivity index is 2.35. The van der Waals surface area contributed by atoms with Crippen LogP contribution in [-0.4, -0.2) is 37.1 Å². The van der Waals surface area contributed by atoms with Gasteiger partial charge in [0.15, 0.2) is 0 Å². The molecule has 1 aliphatic rings. The molecule has 1 N–H and O–H groups in total. The van der Waals surface area contributed by atoms with E-state index in [4.69, 9.17) is 9.47 Å². The average molecular weight is 327 g/mol. The summed E-state index contributed by atoms with van der Waals surface area (Å²) in [5.41, 5.74) is 0. The largest absolute Gasteiger partial charge is 0.460 e. The van der Waals surface area contributed by atoms with Gasteiger partial charge in [-0.05, 0) is 18.8 Å². The number of carbonyl (C=O) groups excluding carboxylic acids is 3. The third-order valence-electron chi connectivity index (χ3n) is 4.04. The summed E-state index contributed by atoms with van der Waals surface area (Å²) in [4.78, 5) is 34.1. The number of hydrogen-bond donors (Lipinski definition) is 1. The Kier molecular flexibility index (Phi) is 8.66. The number of cyclic esters (lactones) is 1. The van der Waals surface area contributed by atoms with Crippen molar-refractivity contribution in [2.45, 2.75) is 71.4 Å². The van der Waals surface area contributed by atoms with Crippen LogP contribution in [0, 0.1) is 11.8 Å². The molecule has 1 amide bonds. The van der Waals surface area contributed by atoms with E-state index in [1.807, 2.05) is 13.8 Å². The second kappa shape index (κ2) is 10.2. The highest BCUT2D eigenvalue weighted by molar-refractivity contribution is 5.80. The highest BCUT2D eigenvalue weighted by Crippen LogP contribution is 2.28. The maximum absolute atomic E-state index is 12.0. The van der Waals surface area contributed by atoms with E-state index >= 15 is 0 Å². The standard InChI is InChI=1S/C17H29NO5/c1-4-5-6-7-8-13-15(23-16(13)20)10-22-17(21)14(18-11-19)9-12(2)3/h11-15H,4-10H2,1-3H3,(H,18,19)/t13?,14-,15+/m0/s1. The number of esters is 2. The second-order valence-electron chi connectivity index (χ2n) is 6.53. The maximum Gasteiger partial charge on any atom is 0.328 e. The molecule has 0 aromatic heterocycles. The van der Waals surface area contributed by atoms with Gasteiger partial charge in [0.2, 0.25) is 6.41 Å². The number of rotatable bonds is 12. The molecule has 0 saturated carbocycles. The molecule has 3 atom stereocenters. The van der Waals surface area contributed by atoms with Crippen molar-refractivity contribution < 1.29 is 23.9 Å². The van der Waals surface area contributed by atoms with Crippen LogP contribution >= 0.6 is 0 Å². The van der Waals surface area contributed by atoms with Crippen molar-refractivity contribution in [3.8, 4) is 0 Å². The highest BCUT2D eigenvalue weighted by atomic mass is 16.6. The predicted octanol–water partition coefficient (Wildman–Crippen LogP) is 2.20. The molecule has 1 fully saturated rings. The van der Waals surface area contributed by atoms with Gasteiger partial charge in [-0.15, -0.1) is 0 Å². The van der Waals surface area contributed by atoms with Crippen molar-refractivity contribution >= 4 is 18.3 Å². The topological polar surface area (TPSA) is 81.7 Å². The van der Waals surface area contributed by atoms with E-state index < -0.39 is 12.0 Å². The Hall–Kier alpha value is -1.59. The molecular weight excluding hydrogens is 298 g/mol. The van der Waals surface area contributed by atoms with Crippen LogP contribution in [0.2, 0.25) is 0 Å². The SMILES string of the molecule is CCCCCCC1C(=O)O[C@@H]1COC(=O)[C@H](CC(C)C)NC=O. The Morgan fingerprint density at radius 2 is 2.09 bits per heavy atom. The molecule has 132 valence electrons. The second-order valence-corrected chi connectivity index (χ2v) is 6.53. The molecule has 1 aliphatic heterocycles. The number of unbranched alkanes of at least 4 members (excludes halogenated alkanes) is 3. The zero-order valence-corrected chi connectivity index (χ0v) is 14.4. The molecule has 6 nitrogen and oxygen atoms in total. The number of amides is 1. The van der Waals surface area contributed by atoms with Crippen LogP contribution in [0.25, 0.3) is 0 Å². The number of ether oxygens (including phenoxy) is 2. The fraction of sp³-hybridized carbons (Fsp3) is 0.824. The average Bonchev–Trinajstić information content (AvgIpc) is 2.49. The van der Waals surface area contributed by atoms with Gasteiger partial charge in [0.1, 0.15) is 18.8 Å². The first-order chi connectivity index (χ1) is 11.0. The van der Waals surface area contributed by atoms with E-state index in [2.05, 4.69) is 12.2 Å². The molecule has 0 aliphatic carbocycles. The first-order valence-corrected chi connectivity index (χ1v) is 8.56. The minimum atomic E-state index is -0.647. The molecule has 0 aromatic rings. The lowest BCUT2D eigenvalue weighted by atomic mass is 9.91. The van der Waals surface area contributed by atoms with Gasteiger partial charge in [0.05, 0.1) is 5.92 Å². The van der Waals surface area contributed by atoms with Gasteiger partial charge >= 0.3 is 11.9 Å². The molecule has 0 aromatic carbocycles. The van der Waals surface area contributed by atoms with Crippen LogP contribution in [0.15, 0.2) is 0 Å². The highest BCUT2D eigenvalue weighted by Gasteiger charge is 2.42. The lowest BCUT2D eigenvalue weighted by Gasteiger charge is -2.35. The Bertz CT molecular complexity index is 396. The van der Waals surface area contributed by atoms with Crippen molar-refractivity contribution in [3.63, 3.8) is 0 Å². The minimum absolute atomic E-state index is 0.0676. The fourth-order valence-corrected chi connectivity index (χ4v) is 2.69. The molecule has 1 unspecified atom stereocenters. The fourth-order valence-electron chi connectivity index (χ4n) is 2.69. The zero-order chi connectivity index (χ0) is 17.2. The van der Waals surface area contributed by atoms with Crippen LogP contribution in [-0.2, 0) is 23.9 Å². The number of nitrogens with one attached hydrogen (secondary N) is 1. The third-order valence-corrected chi connectivity index (χ3v) is 4.04. The van der Waals surface area contributed by atoms with E-state index in [0.717, 1.165) is 32.1 Å². The predicted molar refractivity (Wildman–Crippen MR) is 85.5 cm³/mol. The lowest BCUT2D eigenvalue weighted by molar-refractivity contribution is -0.194. The van der Waals surface area contributed by atoms with E-state index in [0.29, 0.717) is 12.8 Å². The summed E-state index contributed by atoms with van der Waals surface area (Å²) in [6.45, 7) is 6.14. The molecule has 0 radical (unpaired) electrons. The van der Waals surface area contributed by atoms with E-state index in [1.54, 1.807) is 0 Å². The molecule has 6 heteroatoms. The quantitative estimate of drug-likeness (QED) is 0.338. The van der Waals surface area contributed by atoms with E-state index in [1.165, 1.54) is 0 Å². The molecule has 1 heterocycles. The van der Waals surface area contributed by atoms with Gasteiger partial charge in [0, 0.05) is 0 Å². The Morgan fingerprint density at radius 1 is 1.35 bits per heavy atom. The molecule has 23 heavy (non-hydrogen) atoms. The number of carbonyl (C=O) groups is 3. The summed E-state index contributed by atoms with van der Waals surface area (Å²) in [7, 11) is 0. The molecule has 0 bridgehead atoms. The third kappa shape index (κ3) is 6.59. The summed E-state index contributed by atoms with van der Waals surface area (Å²) in [5.74, 6) is -0.583. The van der Waals surface area contributed by atoms with Gasteiger partial charge < -0.3 is 14.8 Å². The molecule has 1 rings (SSSR count). The van der Waals surface area contributed by atoms with E-state index in [9.17, 15) is 14.4 Å². The van der Waals surface area contributed by atoms with Crippen molar-refractivity contribution in [2.75, 3.05) is 6.61 Å². The minimum Gasteiger partial charge on any atom is -0.460 e. The van der Waals surface area contributed by atoms with Gasteiger partial charge in [-0.25, -0.2) is 4.79 Å². The summed E-state index contributed by atoms with van der Waals surface area (Å²) < 4.78 is 10.3. The summed E-state index contributed by atoms with van der Waals surface area (Å²) in [6.07, 6.45) is 5.86. The van der Waals surface area contributed by atoms with Gasteiger partial charge in [-0.2, -0.15) is 0 Å². The first-order valence-electron chi connectivity index (χ1n) is 8.56. The maximum atomic E-state index is 12.0. The number of hydrogen-bond acceptors (Lipinski definition) is 5. The molecule has 1 saturated heterocycles. The zero-order valence-electron chi connectivity index (χ0n) is 14.4. The lowest BCUT2D eigenvalue weighted by Crippen LogP contribution is -2.49. The van der Waals surface area contributed by atoms with Crippen molar-refractivity contribution in [1.29, 1.82) is 0 Å². The first kappa shape index (κ1) is 19.5.